The number of carbonyl (C=O) groups is 2. The van der Waals surface area contributed by atoms with Crippen LogP contribution in [0.15, 0.2) is 78.0 Å². The molecular formula is C19H15FN4O4S. The van der Waals surface area contributed by atoms with Crippen molar-refractivity contribution in [1.82, 2.24) is 15.8 Å². The number of amides is 2. The Morgan fingerprint density at radius 2 is 1.45 bits per heavy atom. The van der Waals surface area contributed by atoms with E-state index in [0.29, 0.717) is 0 Å². The molecule has 3 rings (SSSR count). The van der Waals surface area contributed by atoms with Gasteiger partial charge in [-0.25, -0.2) is 12.8 Å². The number of aromatic nitrogens is 1. The van der Waals surface area contributed by atoms with Gasteiger partial charge in [0.2, 0.25) is 0 Å². The van der Waals surface area contributed by atoms with E-state index in [1.165, 1.54) is 42.7 Å². The van der Waals surface area contributed by atoms with Gasteiger partial charge in [0.1, 0.15) is 5.82 Å². The third-order valence-corrected chi connectivity index (χ3v) is 5.13. The van der Waals surface area contributed by atoms with E-state index in [9.17, 15) is 22.4 Å². The Labute approximate surface area is 165 Å². The molecule has 1 aromatic heterocycles. The van der Waals surface area contributed by atoms with Gasteiger partial charge in [0.25, 0.3) is 21.8 Å². The van der Waals surface area contributed by atoms with Crippen LogP contribution in [-0.4, -0.2) is 25.2 Å². The van der Waals surface area contributed by atoms with E-state index in [0.717, 1.165) is 24.3 Å². The molecule has 0 spiro atoms. The summed E-state index contributed by atoms with van der Waals surface area (Å²) in [5.74, 6) is -1.67. The second kappa shape index (κ2) is 8.48. The Hall–Kier alpha value is -3.79. The molecule has 0 fully saturated rings. The highest BCUT2D eigenvalue weighted by Crippen LogP contribution is 2.17. The maximum Gasteiger partial charge on any atom is 0.271 e. The van der Waals surface area contributed by atoms with Gasteiger partial charge in [-0.05, 0) is 60.7 Å². The number of hydrogen-bond acceptors (Lipinski definition) is 5. The molecule has 0 atom stereocenters. The number of hydrazine groups is 1. The number of hydrogen-bond donors (Lipinski definition) is 3. The fourth-order valence-electron chi connectivity index (χ4n) is 2.27. The molecule has 29 heavy (non-hydrogen) atoms. The minimum Gasteiger partial charge on any atom is -0.280 e. The first-order valence-corrected chi connectivity index (χ1v) is 9.73. The van der Waals surface area contributed by atoms with E-state index in [1.807, 2.05) is 0 Å². The summed E-state index contributed by atoms with van der Waals surface area (Å²) in [7, 11) is -3.90. The van der Waals surface area contributed by atoms with Crippen molar-refractivity contribution in [2.75, 3.05) is 4.72 Å². The zero-order valence-corrected chi connectivity index (χ0v) is 15.6. The predicted octanol–water partition coefficient (Wildman–Crippen LogP) is 2.10. The quantitative estimate of drug-likeness (QED) is 0.553. The van der Waals surface area contributed by atoms with Crippen molar-refractivity contribution in [2.45, 2.75) is 4.90 Å². The van der Waals surface area contributed by atoms with Crippen LogP contribution in [0.4, 0.5) is 10.1 Å². The fraction of sp³-hybridized carbons (Fsp3) is 0. The molecule has 0 aliphatic heterocycles. The van der Waals surface area contributed by atoms with Gasteiger partial charge in [0.05, 0.1) is 10.5 Å². The zero-order valence-electron chi connectivity index (χ0n) is 14.8. The van der Waals surface area contributed by atoms with Crippen LogP contribution in [0.5, 0.6) is 0 Å². The average Bonchev–Trinajstić information content (AvgIpc) is 2.73. The van der Waals surface area contributed by atoms with Crippen LogP contribution in [0.25, 0.3) is 0 Å². The molecule has 0 radical (unpaired) electrons. The fourth-order valence-corrected chi connectivity index (χ4v) is 3.33. The average molecular weight is 414 g/mol. The molecule has 0 saturated carbocycles. The third-order valence-electron chi connectivity index (χ3n) is 3.74. The molecule has 10 heteroatoms. The first-order chi connectivity index (χ1) is 13.8. The number of rotatable bonds is 5. The molecule has 8 nitrogen and oxygen atoms in total. The van der Waals surface area contributed by atoms with Crippen molar-refractivity contribution in [1.29, 1.82) is 0 Å². The van der Waals surface area contributed by atoms with Gasteiger partial charge in [-0.2, -0.15) is 0 Å². The largest absolute Gasteiger partial charge is 0.280 e. The molecule has 1 heterocycles. The predicted molar refractivity (Wildman–Crippen MR) is 103 cm³/mol. The monoisotopic (exact) mass is 414 g/mol. The summed E-state index contributed by atoms with van der Waals surface area (Å²) in [5.41, 5.74) is 5.20. The van der Waals surface area contributed by atoms with Gasteiger partial charge in [0.15, 0.2) is 0 Å². The lowest BCUT2D eigenvalue weighted by Crippen LogP contribution is -2.41. The van der Waals surface area contributed by atoms with Gasteiger partial charge in [-0.15, -0.1) is 0 Å². The number of carbonyl (C=O) groups excluding carboxylic acids is 2. The normalized spacial score (nSPS) is 10.8. The number of nitrogens with one attached hydrogen (secondary N) is 3. The molecule has 2 aromatic carbocycles. The number of anilines is 1. The summed E-state index contributed by atoms with van der Waals surface area (Å²) in [6.07, 6.45) is 2.87. The lowest BCUT2D eigenvalue weighted by Gasteiger charge is -2.10. The SMILES string of the molecule is O=C(NNC(=O)c1cccnc1)c1ccc(NS(=O)(=O)c2ccc(F)cc2)cc1. The zero-order chi connectivity index (χ0) is 20.9. The van der Waals surface area contributed by atoms with E-state index < -0.39 is 27.7 Å². The minimum absolute atomic E-state index is 0.0983. The summed E-state index contributed by atoms with van der Waals surface area (Å²) in [5, 5.41) is 0. The van der Waals surface area contributed by atoms with Crippen LogP contribution in [0, 0.1) is 5.82 Å². The van der Waals surface area contributed by atoms with Crippen molar-refractivity contribution < 1.29 is 22.4 Å². The molecule has 0 unspecified atom stereocenters. The van der Waals surface area contributed by atoms with Crippen LogP contribution in [0.1, 0.15) is 20.7 Å². The summed E-state index contributed by atoms with van der Waals surface area (Å²) in [4.78, 5) is 27.7. The van der Waals surface area contributed by atoms with E-state index >= 15 is 0 Å². The van der Waals surface area contributed by atoms with Gasteiger partial charge in [-0.3, -0.25) is 30.1 Å². The highest BCUT2D eigenvalue weighted by Gasteiger charge is 2.15. The summed E-state index contributed by atoms with van der Waals surface area (Å²) in [6.45, 7) is 0. The third kappa shape index (κ3) is 5.14. The summed E-state index contributed by atoms with van der Waals surface area (Å²) in [6, 6.07) is 13.0. The van der Waals surface area contributed by atoms with Crippen molar-refractivity contribution in [3.8, 4) is 0 Å². The molecule has 148 valence electrons. The second-order valence-electron chi connectivity index (χ2n) is 5.79. The Kier molecular flexibility index (Phi) is 5.84. The van der Waals surface area contributed by atoms with E-state index in [4.69, 9.17) is 0 Å². The van der Waals surface area contributed by atoms with E-state index in [1.54, 1.807) is 6.07 Å². The van der Waals surface area contributed by atoms with Crippen LogP contribution < -0.4 is 15.6 Å². The molecule has 0 bridgehead atoms. The summed E-state index contributed by atoms with van der Waals surface area (Å²) < 4.78 is 39.8. The molecule has 3 aromatic rings. The van der Waals surface area contributed by atoms with Crippen molar-refractivity contribution in [2.24, 2.45) is 0 Å². The number of pyridine rings is 1. The Morgan fingerprint density at radius 3 is 2.03 bits per heavy atom. The van der Waals surface area contributed by atoms with E-state index in [-0.39, 0.29) is 21.7 Å². The lowest BCUT2D eigenvalue weighted by atomic mass is 10.2. The Balaban J connectivity index is 1.61. The first-order valence-electron chi connectivity index (χ1n) is 8.24. The van der Waals surface area contributed by atoms with Crippen molar-refractivity contribution in [3.05, 3.63) is 90.0 Å². The van der Waals surface area contributed by atoms with E-state index in [2.05, 4.69) is 20.6 Å². The standard InChI is InChI=1S/C19H15FN4O4S/c20-15-5-9-17(10-6-15)29(27,28)24-16-7-3-13(4-8-16)18(25)22-23-19(26)14-2-1-11-21-12-14/h1-12,24H,(H,22,25)(H,23,26). The Morgan fingerprint density at radius 1 is 0.828 bits per heavy atom. The smallest absolute Gasteiger partial charge is 0.271 e. The molecule has 0 aliphatic rings. The molecular weight excluding hydrogens is 399 g/mol. The second-order valence-corrected chi connectivity index (χ2v) is 7.47. The van der Waals surface area contributed by atoms with Crippen LogP contribution in [0.3, 0.4) is 0 Å². The van der Waals surface area contributed by atoms with Crippen molar-refractivity contribution >= 4 is 27.5 Å². The molecule has 0 aliphatic carbocycles. The summed E-state index contributed by atoms with van der Waals surface area (Å²) >= 11 is 0. The highest BCUT2D eigenvalue weighted by molar-refractivity contribution is 7.92. The molecule has 2 amide bonds. The number of halogens is 1. The maximum atomic E-state index is 12.9. The number of nitrogens with zero attached hydrogens (tertiary/aromatic N) is 1. The highest BCUT2D eigenvalue weighted by atomic mass is 32.2. The number of benzene rings is 2. The van der Waals surface area contributed by atoms with Gasteiger partial charge in [0, 0.05) is 23.6 Å². The van der Waals surface area contributed by atoms with Crippen molar-refractivity contribution in [3.63, 3.8) is 0 Å². The molecule has 3 N–H and O–H groups in total. The Bertz CT molecular complexity index is 1120. The minimum atomic E-state index is -3.90. The van der Waals surface area contributed by atoms with Crippen LogP contribution in [0.2, 0.25) is 0 Å². The topological polar surface area (TPSA) is 117 Å². The molecule has 0 saturated heterocycles. The number of sulfonamides is 1. The van der Waals surface area contributed by atoms with Gasteiger partial charge in [-0.1, -0.05) is 0 Å². The van der Waals surface area contributed by atoms with Gasteiger partial charge < -0.3 is 0 Å². The van der Waals surface area contributed by atoms with Crippen LogP contribution >= 0.6 is 0 Å². The first kappa shape index (κ1) is 20.0. The maximum absolute atomic E-state index is 12.9. The van der Waals surface area contributed by atoms with Gasteiger partial charge >= 0.3 is 0 Å². The van der Waals surface area contributed by atoms with Crippen LogP contribution in [-0.2, 0) is 10.0 Å². The lowest BCUT2D eigenvalue weighted by molar-refractivity contribution is 0.0846.